The Kier molecular flexibility index (Phi) is 6.89. The van der Waals surface area contributed by atoms with Gasteiger partial charge in [-0.15, -0.1) is 0 Å². The standard InChI is InChI=1S/C20H20Cl2O2/c1-3-24-20(23)9-4-14(2)10-15-5-7-16(8-6-15)17-11-18(21)13-19(22)12-17/h4-9,11-14H,3,10H2,1-2H3/b9-4+. The lowest BCUT2D eigenvalue weighted by molar-refractivity contribution is -0.137. The number of carbonyl (C=O) groups is 1. The summed E-state index contributed by atoms with van der Waals surface area (Å²) < 4.78 is 4.88. The van der Waals surface area contributed by atoms with Gasteiger partial charge in [0.05, 0.1) is 6.61 Å². The molecule has 0 saturated heterocycles. The molecule has 0 spiro atoms. The van der Waals surface area contributed by atoms with E-state index in [1.54, 1.807) is 13.0 Å². The fourth-order valence-corrected chi connectivity index (χ4v) is 2.95. The van der Waals surface area contributed by atoms with E-state index in [0.717, 1.165) is 17.5 Å². The van der Waals surface area contributed by atoms with E-state index in [1.807, 2.05) is 18.2 Å². The quantitative estimate of drug-likeness (QED) is 0.468. The van der Waals surface area contributed by atoms with Crippen molar-refractivity contribution in [3.8, 4) is 11.1 Å². The molecule has 1 atom stereocenters. The number of ether oxygens (including phenoxy) is 1. The van der Waals surface area contributed by atoms with Gasteiger partial charge in [0.25, 0.3) is 0 Å². The van der Waals surface area contributed by atoms with Gasteiger partial charge in [0.2, 0.25) is 0 Å². The molecule has 126 valence electrons. The van der Waals surface area contributed by atoms with Crippen molar-refractivity contribution in [1.82, 2.24) is 0 Å². The van der Waals surface area contributed by atoms with Crippen molar-refractivity contribution in [2.75, 3.05) is 6.61 Å². The molecule has 4 heteroatoms. The molecule has 0 aliphatic heterocycles. The zero-order valence-corrected chi connectivity index (χ0v) is 15.3. The zero-order chi connectivity index (χ0) is 17.5. The minimum Gasteiger partial charge on any atom is -0.463 e. The summed E-state index contributed by atoms with van der Waals surface area (Å²) in [5.41, 5.74) is 3.26. The van der Waals surface area contributed by atoms with E-state index < -0.39 is 0 Å². The summed E-state index contributed by atoms with van der Waals surface area (Å²) in [6.45, 7) is 4.26. The summed E-state index contributed by atoms with van der Waals surface area (Å²) in [5.74, 6) is -0.0431. The largest absolute Gasteiger partial charge is 0.463 e. The molecule has 0 saturated carbocycles. The van der Waals surface area contributed by atoms with Crippen molar-refractivity contribution in [2.45, 2.75) is 20.3 Å². The van der Waals surface area contributed by atoms with Gasteiger partial charge in [0.1, 0.15) is 0 Å². The van der Waals surface area contributed by atoms with Crippen LogP contribution < -0.4 is 0 Å². The fraction of sp³-hybridized carbons (Fsp3) is 0.250. The second-order valence-corrected chi connectivity index (χ2v) is 6.52. The highest BCUT2D eigenvalue weighted by molar-refractivity contribution is 6.35. The molecular weight excluding hydrogens is 343 g/mol. The first-order valence-corrected chi connectivity index (χ1v) is 8.64. The minimum atomic E-state index is -0.294. The first kappa shape index (κ1) is 18.6. The van der Waals surface area contributed by atoms with Crippen LogP contribution in [0, 0.1) is 5.92 Å². The molecule has 0 fully saturated rings. The summed E-state index contributed by atoms with van der Waals surface area (Å²) in [5, 5.41) is 1.25. The third-order valence-electron chi connectivity index (χ3n) is 3.55. The Balaban J connectivity index is 2.02. The number of carbonyl (C=O) groups excluding carboxylic acids is 1. The Hall–Kier alpha value is -1.77. The minimum absolute atomic E-state index is 0.251. The maximum Gasteiger partial charge on any atom is 0.330 e. The maximum atomic E-state index is 11.3. The van der Waals surface area contributed by atoms with Gasteiger partial charge in [-0.05, 0) is 54.2 Å². The topological polar surface area (TPSA) is 26.3 Å². The van der Waals surface area contributed by atoms with Crippen LogP contribution in [0.5, 0.6) is 0 Å². The van der Waals surface area contributed by atoms with Gasteiger partial charge < -0.3 is 4.74 Å². The third-order valence-corrected chi connectivity index (χ3v) is 3.99. The first-order chi connectivity index (χ1) is 11.5. The molecule has 2 rings (SSSR count). The fourth-order valence-electron chi connectivity index (χ4n) is 2.43. The van der Waals surface area contributed by atoms with Gasteiger partial charge in [0, 0.05) is 16.1 Å². The molecule has 0 bridgehead atoms. The van der Waals surface area contributed by atoms with Crippen molar-refractivity contribution in [2.24, 2.45) is 5.92 Å². The molecule has 2 aromatic carbocycles. The Labute approximate surface area is 153 Å². The molecule has 0 aliphatic carbocycles. The van der Waals surface area contributed by atoms with Crippen LogP contribution in [0.25, 0.3) is 11.1 Å². The lowest BCUT2D eigenvalue weighted by Gasteiger charge is -2.08. The SMILES string of the molecule is CCOC(=O)/C=C/C(C)Cc1ccc(-c2cc(Cl)cc(Cl)c2)cc1. The average molecular weight is 363 g/mol. The lowest BCUT2D eigenvalue weighted by Crippen LogP contribution is -2.02. The Morgan fingerprint density at radius 2 is 1.71 bits per heavy atom. The van der Waals surface area contributed by atoms with E-state index in [1.165, 1.54) is 11.6 Å². The van der Waals surface area contributed by atoms with Crippen LogP contribution in [0.1, 0.15) is 19.4 Å². The third kappa shape index (κ3) is 5.70. The molecule has 24 heavy (non-hydrogen) atoms. The van der Waals surface area contributed by atoms with Gasteiger partial charge in [-0.25, -0.2) is 4.79 Å². The van der Waals surface area contributed by atoms with Crippen molar-refractivity contribution in [3.63, 3.8) is 0 Å². The second kappa shape index (κ2) is 8.91. The van der Waals surface area contributed by atoms with E-state index in [9.17, 15) is 4.79 Å². The molecule has 0 radical (unpaired) electrons. The van der Waals surface area contributed by atoms with Crippen LogP contribution >= 0.6 is 23.2 Å². The first-order valence-electron chi connectivity index (χ1n) is 7.88. The van der Waals surface area contributed by atoms with E-state index in [0.29, 0.717) is 16.7 Å². The predicted octanol–water partition coefficient (Wildman–Crippen LogP) is 5.96. The predicted molar refractivity (Wildman–Crippen MR) is 101 cm³/mol. The molecule has 0 N–H and O–H groups in total. The molecule has 0 aromatic heterocycles. The van der Waals surface area contributed by atoms with Crippen molar-refractivity contribution < 1.29 is 9.53 Å². The highest BCUT2D eigenvalue weighted by Gasteiger charge is 2.04. The molecular formula is C20H20Cl2O2. The normalized spacial score (nSPS) is 12.3. The molecule has 2 aromatic rings. The average Bonchev–Trinajstić information content (AvgIpc) is 2.53. The van der Waals surface area contributed by atoms with Gasteiger partial charge in [-0.2, -0.15) is 0 Å². The highest BCUT2D eigenvalue weighted by atomic mass is 35.5. The lowest BCUT2D eigenvalue weighted by atomic mass is 9.98. The highest BCUT2D eigenvalue weighted by Crippen LogP contribution is 2.27. The van der Waals surface area contributed by atoms with Crippen LogP contribution in [0.3, 0.4) is 0 Å². The van der Waals surface area contributed by atoms with E-state index >= 15 is 0 Å². The molecule has 2 nitrogen and oxygen atoms in total. The summed E-state index contributed by atoms with van der Waals surface area (Å²) in [4.78, 5) is 11.3. The van der Waals surface area contributed by atoms with E-state index in [2.05, 4.69) is 31.2 Å². The van der Waals surface area contributed by atoms with Crippen molar-refractivity contribution in [3.05, 3.63) is 70.2 Å². The van der Waals surface area contributed by atoms with Gasteiger partial charge in [-0.3, -0.25) is 0 Å². The number of esters is 1. The van der Waals surface area contributed by atoms with E-state index in [-0.39, 0.29) is 11.9 Å². The van der Waals surface area contributed by atoms with Crippen LogP contribution in [-0.4, -0.2) is 12.6 Å². The number of hydrogen-bond donors (Lipinski definition) is 0. The van der Waals surface area contributed by atoms with Gasteiger partial charge in [-0.1, -0.05) is 60.5 Å². The molecule has 0 amide bonds. The van der Waals surface area contributed by atoms with Crippen molar-refractivity contribution >= 4 is 29.2 Å². The smallest absolute Gasteiger partial charge is 0.330 e. The summed E-state index contributed by atoms with van der Waals surface area (Å²) in [6.07, 6.45) is 4.23. The zero-order valence-electron chi connectivity index (χ0n) is 13.8. The number of rotatable bonds is 6. The number of hydrogen-bond acceptors (Lipinski definition) is 2. The van der Waals surface area contributed by atoms with E-state index in [4.69, 9.17) is 27.9 Å². The Morgan fingerprint density at radius 3 is 2.29 bits per heavy atom. The second-order valence-electron chi connectivity index (χ2n) is 5.65. The Morgan fingerprint density at radius 1 is 1.08 bits per heavy atom. The number of allylic oxidation sites excluding steroid dienone is 1. The number of benzene rings is 2. The van der Waals surface area contributed by atoms with Gasteiger partial charge in [0.15, 0.2) is 0 Å². The van der Waals surface area contributed by atoms with Crippen LogP contribution in [-0.2, 0) is 16.0 Å². The summed E-state index contributed by atoms with van der Waals surface area (Å²) in [7, 11) is 0. The van der Waals surface area contributed by atoms with Crippen LogP contribution in [0.4, 0.5) is 0 Å². The maximum absolute atomic E-state index is 11.3. The molecule has 0 aliphatic rings. The van der Waals surface area contributed by atoms with Crippen LogP contribution in [0.2, 0.25) is 10.0 Å². The number of halogens is 2. The van der Waals surface area contributed by atoms with Gasteiger partial charge >= 0.3 is 5.97 Å². The molecule has 0 heterocycles. The molecule has 1 unspecified atom stereocenters. The summed E-state index contributed by atoms with van der Waals surface area (Å²) in [6, 6.07) is 13.8. The Bertz CT molecular complexity index is 701. The van der Waals surface area contributed by atoms with Crippen molar-refractivity contribution in [1.29, 1.82) is 0 Å². The monoisotopic (exact) mass is 362 g/mol. The van der Waals surface area contributed by atoms with Crippen LogP contribution in [0.15, 0.2) is 54.6 Å². The summed E-state index contributed by atoms with van der Waals surface area (Å²) >= 11 is 12.1.